The Kier molecular flexibility index (Phi) is 7.39. The molecule has 4 rings (SSSR count). The number of carbonyl (C=O) groups is 3. The number of benzene rings is 2. The number of esters is 1. The maximum atomic E-state index is 13.9. The normalized spacial score (nSPS) is 14.2. The van der Waals surface area contributed by atoms with Crippen LogP contribution < -0.4 is 14.8 Å². The number of nitrogens with one attached hydrogen (secondary N) is 1. The molecule has 3 aromatic rings. The molecule has 1 saturated heterocycles. The van der Waals surface area contributed by atoms with Crippen molar-refractivity contribution in [3.05, 3.63) is 87.2 Å². The van der Waals surface area contributed by atoms with E-state index in [1.165, 1.54) is 38.5 Å². The van der Waals surface area contributed by atoms with Gasteiger partial charge >= 0.3 is 12.0 Å². The Morgan fingerprint density at radius 3 is 2.67 bits per heavy atom. The van der Waals surface area contributed by atoms with Gasteiger partial charge in [-0.05, 0) is 57.9 Å². The topological polar surface area (TPSA) is 107 Å². The lowest BCUT2D eigenvalue weighted by molar-refractivity contribution is -0.123. The zero-order valence-electron chi connectivity index (χ0n) is 19.2. The van der Waals surface area contributed by atoms with Crippen LogP contribution in [-0.4, -0.2) is 37.0 Å². The summed E-state index contributed by atoms with van der Waals surface area (Å²) in [5.41, 5.74) is 0.953. The lowest BCUT2D eigenvalue weighted by atomic mass is 10.1. The first-order valence-electron chi connectivity index (χ1n) is 10.6. The molecule has 1 aromatic heterocycles. The molecule has 11 heteroatoms. The first-order valence-corrected chi connectivity index (χ1v) is 11.3. The molecule has 1 aliphatic rings. The first kappa shape index (κ1) is 25.0. The number of methoxy groups -OCH3 is 2. The van der Waals surface area contributed by atoms with Gasteiger partial charge in [-0.3, -0.25) is 9.69 Å². The van der Waals surface area contributed by atoms with Gasteiger partial charge in [-0.1, -0.05) is 18.2 Å². The number of furan rings is 1. The molecule has 0 spiro atoms. The molecule has 3 amide bonds. The average molecular weight is 559 g/mol. The molecule has 0 bridgehead atoms. The summed E-state index contributed by atoms with van der Waals surface area (Å²) >= 11 is 3.42. The van der Waals surface area contributed by atoms with E-state index in [0.717, 1.165) is 4.90 Å². The van der Waals surface area contributed by atoms with Crippen molar-refractivity contribution >= 4 is 39.9 Å². The number of hydrogen-bond acceptors (Lipinski definition) is 7. The lowest BCUT2D eigenvalue weighted by Crippen LogP contribution is -2.30. The number of imide groups is 1. The van der Waals surface area contributed by atoms with Crippen LogP contribution in [0.4, 0.5) is 9.18 Å². The van der Waals surface area contributed by atoms with Gasteiger partial charge in [0.15, 0.2) is 11.5 Å². The second-order valence-corrected chi connectivity index (χ2v) is 8.41. The smallest absolute Gasteiger partial charge is 0.373 e. The van der Waals surface area contributed by atoms with E-state index < -0.39 is 17.9 Å². The van der Waals surface area contributed by atoms with Gasteiger partial charge in [0.05, 0.1) is 25.2 Å². The molecule has 0 unspecified atom stereocenters. The zero-order valence-corrected chi connectivity index (χ0v) is 20.8. The maximum Gasteiger partial charge on any atom is 0.373 e. The molecule has 1 aliphatic heterocycles. The fourth-order valence-electron chi connectivity index (χ4n) is 3.44. The van der Waals surface area contributed by atoms with E-state index in [2.05, 4.69) is 26.0 Å². The van der Waals surface area contributed by atoms with Crippen LogP contribution in [0.5, 0.6) is 11.5 Å². The molecular formula is C25H20BrFN2O7. The second-order valence-electron chi connectivity index (χ2n) is 7.55. The number of ether oxygens (including phenoxy) is 3. The molecule has 1 N–H and O–H groups in total. The Morgan fingerprint density at radius 2 is 1.94 bits per heavy atom. The van der Waals surface area contributed by atoms with Crippen molar-refractivity contribution in [1.82, 2.24) is 10.2 Å². The zero-order chi connectivity index (χ0) is 25.8. The number of rotatable bonds is 8. The van der Waals surface area contributed by atoms with E-state index in [1.807, 2.05) is 0 Å². The molecule has 186 valence electrons. The largest absolute Gasteiger partial charge is 0.493 e. The van der Waals surface area contributed by atoms with Gasteiger partial charge in [-0.2, -0.15) is 0 Å². The summed E-state index contributed by atoms with van der Waals surface area (Å²) in [5.74, 6) is -0.737. The third-order valence-corrected chi connectivity index (χ3v) is 5.81. The Labute approximate surface area is 213 Å². The van der Waals surface area contributed by atoms with Crippen LogP contribution in [-0.2, 0) is 22.7 Å². The summed E-state index contributed by atoms with van der Waals surface area (Å²) in [6, 6.07) is 11.8. The summed E-state index contributed by atoms with van der Waals surface area (Å²) in [6.45, 7) is -0.190. The monoisotopic (exact) mass is 558 g/mol. The van der Waals surface area contributed by atoms with E-state index in [4.69, 9.17) is 13.9 Å². The molecule has 0 atom stereocenters. The minimum Gasteiger partial charge on any atom is -0.493 e. The predicted octanol–water partition coefficient (Wildman–Crippen LogP) is 4.65. The SMILES string of the molecule is COC(=O)c1ccc(CN2C(=O)N/C(=C\c3cc(Br)c(OCc4ccccc4F)c(OC)c3)C2=O)o1. The molecule has 0 radical (unpaired) electrons. The van der Waals surface area contributed by atoms with Crippen LogP contribution in [0, 0.1) is 5.82 Å². The summed E-state index contributed by atoms with van der Waals surface area (Å²) in [7, 11) is 2.67. The molecule has 2 heterocycles. The number of nitrogens with zero attached hydrogens (tertiary/aromatic N) is 1. The minimum atomic E-state index is -0.667. The van der Waals surface area contributed by atoms with Crippen molar-refractivity contribution in [3.8, 4) is 11.5 Å². The summed E-state index contributed by atoms with van der Waals surface area (Å²) < 4.78 is 35.6. The van der Waals surface area contributed by atoms with Gasteiger partial charge in [0.2, 0.25) is 5.76 Å². The van der Waals surface area contributed by atoms with E-state index in [0.29, 0.717) is 27.1 Å². The van der Waals surface area contributed by atoms with Gasteiger partial charge < -0.3 is 23.9 Å². The first-order chi connectivity index (χ1) is 17.3. The van der Waals surface area contributed by atoms with E-state index >= 15 is 0 Å². The molecule has 36 heavy (non-hydrogen) atoms. The predicted molar refractivity (Wildman–Crippen MR) is 129 cm³/mol. The third kappa shape index (κ3) is 5.25. The van der Waals surface area contributed by atoms with Gasteiger partial charge in [-0.15, -0.1) is 0 Å². The van der Waals surface area contributed by atoms with Crippen LogP contribution in [0.15, 0.2) is 63.1 Å². The number of halogens is 2. The number of carbonyl (C=O) groups excluding carboxylic acids is 3. The third-order valence-electron chi connectivity index (χ3n) is 5.22. The van der Waals surface area contributed by atoms with Crippen molar-refractivity contribution in [2.45, 2.75) is 13.2 Å². The van der Waals surface area contributed by atoms with Crippen LogP contribution in [0.1, 0.15) is 27.4 Å². The van der Waals surface area contributed by atoms with Crippen molar-refractivity contribution < 1.29 is 37.4 Å². The van der Waals surface area contributed by atoms with Crippen molar-refractivity contribution in [2.24, 2.45) is 0 Å². The number of amides is 3. The van der Waals surface area contributed by atoms with Crippen LogP contribution in [0.25, 0.3) is 6.08 Å². The van der Waals surface area contributed by atoms with Gasteiger partial charge in [-0.25, -0.2) is 14.0 Å². The summed E-state index contributed by atoms with van der Waals surface area (Å²) in [5, 5.41) is 2.52. The van der Waals surface area contributed by atoms with E-state index in [9.17, 15) is 18.8 Å². The van der Waals surface area contributed by atoms with Crippen LogP contribution >= 0.6 is 15.9 Å². The lowest BCUT2D eigenvalue weighted by Gasteiger charge is -2.14. The van der Waals surface area contributed by atoms with Gasteiger partial charge in [0.25, 0.3) is 5.91 Å². The van der Waals surface area contributed by atoms with Crippen LogP contribution in [0.3, 0.4) is 0 Å². The Balaban J connectivity index is 1.51. The van der Waals surface area contributed by atoms with Crippen molar-refractivity contribution in [2.75, 3.05) is 14.2 Å². The Morgan fingerprint density at radius 1 is 1.17 bits per heavy atom. The molecule has 0 aliphatic carbocycles. The fourth-order valence-corrected chi connectivity index (χ4v) is 4.01. The number of hydrogen-bond donors (Lipinski definition) is 1. The van der Waals surface area contributed by atoms with Crippen molar-refractivity contribution in [3.63, 3.8) is 0 Å². The summed E-state index contributed by atoms with van der Waals surface area (Å²) in [6.07, 6.45) is 1.48. The minimum absolute atomic E-state index is 0.0178. The quantitative estimate of drug-likeness (QED) is 0.243. The van der Waals surface area contributed by atoms with Crippen molar-refractivity contribution in [1.29, 1.82) is 0 Å². The average Bonchev–Trinajstić information content (AvgIpc) is 3.44. The maximum absolute atomic E-state index is 13.9. The van der Waals surface area contributed by atoms with Gasteiger partial charge in [0, 0.05) is 5.56 Å². The standard InChI is InChI=1S/C25H20BrFN2O7/c1-33-21-11-14(9-17(26)22(21)35-13-15-5-3-4-6-18(15)27)10-19-23(30)29(25(32)28-19)12-16-7-8-20(36-16)24(31)34-2/h3-11H,12-13H2,1-2H3,(H,28,32)/b19-10-. The Hall–Kier alpha value is -4.12. The second kappa shape index (κ2) is 10.6. The molecule has 1 fully saturated rings. The highest BCUT2D eigenvalue weighted by Gasteiger charge is 2.34. The molecule has 0 saturated carbocycles. The van der Waals surface area contributed by atoms with Crippen LogP contribution in [0.2, 0.25) is 0 Å². The molecule has 2 aromatic carbocycles. The number of urea groups is 1. The van der Waals surface area contributed by atoms with E-state index in [1.54, 1.807) is 30.3 Å². The highest BCUT2D eigenvalue weighted by atomic mass is 79.9. The highest BCUT2D eigenvalue weighted by molar-refractivity contribution is 9.10. The molecular weight excluding hydrogens is 539 g/mol. The van der Waals surface area contributed by atoms with Gasteiger partial charge in [0.1, 0.15) is 23.9 Å². The fraction of sp³-hybridized carbons (Fsp3) is 0.160. The highest BCUT2D eigenvalue weighted by Crippen LogP contribution is 2.38. The summed E-state index contributed by atoms with van der Waals surface area (Å²) in [4.78, 5) is 37.8. The molecule has 9 nitrogen and oxygen atoms in total. The van der Waals surface area contributed by atoms with E-state index in [-0.39, 0.29) is 36.2 Å². The Bertz CT molecular complexity index is 1370.